The molecule has 2 rings (SSSR count). The summed E-state index contributed by atoms with van der Waals surface area (Å²) in [5.41, 5.74) is 0. The quantitative estimate of drug-likeness (QED) is 0.840. The lowest BCUT2D eigenvalue weighted by atomic mass is 9.94. The van der Waals surface area contributed by atoms with Crippen molar-refractivity contribution < 1.29 is 8.42 Å². The van der Waals surface area contributed by atoms with Crippen LogP contribution in [0.4, 0.5) is 0 Å². The summed E-state index contributed by atoms with van der Waals surface area (Å²) < 4.78 is 26.7. The highest BCUT2D eigenvalue weighted by Gasteiger charge is 2.35. The topological polar surface area (TPSA) is 50.3 Å². The van der Waals surface area contributed by atoms with Crippen LogP contribution in [0, 0.1) is 5.92 Å². The average molecular weight is 289 g/mol. The van der Waals surface area contributed by atoms with Gasteiger partial charge in [0.15, 0.2) is 0 Å². The highest BCUT2D eigenvalue weighted by atomic mass is 35.5. The number of sulfonamides is 1. The Bertz CT molecular complexity index is 533. The maximum absolute atomic E-state index is 12.6. The average Bonchev–Trinajstić information content (AvgIpc) is 2.32. The zero-order valence-corrected chi connectivity index (χ0v) is 12.1. The summed E-state index contributed by atoms with van der Waals surface area (Å²) in [4.78, 5) is 3.96. The van der Waals surface area contributed by atoms with E-state index in [0.29, 0.717) is 12.5 Å². The third-order valence-corrected chi connectivity index (χ3v) is 6.09. The highest BCUT2D eigenvalue weighted by molar-refractivity contribution is 7.89. The van der Waals surface area contributed by atoms with Crippen molar-refractivity contribution in [3.8, 4) is 0 Å². The molecule has 0 radical (unpaired) electrons. The van der Waals surface area contributed by atoms with Crippen molar-refractivity contribution in [3.63, 3.8) is 0 Å². The largest absolute Gasteiger partial charge is 0.263 e. The van der Waals surface area contributed by atoms with Crippen molar-refractivity contribution in [2.75, 3.05) is 6.54 Å². The molecule has 1 saturated heterocycles. The number of rotatable bonds is 2. The first-order chi connectivity index (χ1) is 8.44. The van der Waals surface area contributed by atoms with Crippen molar-refractivity contribution in [2.45, 2.75) is 37.6 Å². The molecule has 0 bridgehead atoms. The fraction of sp³-hybridized carbons (Fsp3) is 0.583. The predicted molar refractivity (Wildman–Crippen MR) is 71.0 cm³/mol. The van der Waals surface area contributed by atoms with Gasteiger partial charge in [-0.25, -0.2) is 8.42 Å². The van der Waals surface area contributed by atoms with Crippen molar-refractivity contribution in [1.82, 2.24) is 9.29 Å². The Labute approximate surface area is 113 Å². The van der Waals surface area contributed by atoms with Gasteiger partial charge in [0.2, 0.25) is 10.0 Å². The van der Waals surface area contributed by atoms with Gasteiger partial charge in [0.05, 0.1) is 5.02 Å². The summed E-state index contributed by atoms with van der Waals surface area (Å²) in [6.07, 6.45) is 4.77. The Balaban J connectivity index is 2.40. The maximum Gasteiger partial charge on any atom is 0.246 e. The van der Waals surface area contributed by atoms with Gasteiger partial charge in [-0.05, 0) is 31.7 Å². The number of piperidine rings is 1. The lowest BCUT2D eigenvalue weighted by molar-refractivity contribution is 0.202. The van der Waals surface area contributed by atoms with E-state index in [1.165, 1.54) is 18.5 Å². The van der Waals surface area contributed by atoms with Crippen LogP contribution in [0.1, 0.15) is 26.7 Å². The Morgan fingerprint density at radius 1 is 1.44 bits per heavy atom. The van der Waals surface area contributed by atoms with Crippen LogP contribution in [0.2, 0.25) is 5.02 Å². The number of pyridine rings is 1. The number of hydrogen-bond donors (Lipinski definition) is 0. The maximum atomic E-state index is 12.6. The minimum absolute atomic E-state index is 0.0000211. The monoisotopic (exact) mass is 288 g/mol. The van der Waals surface area contributed by atoms with Crippen molar-refractivity contribution in [1.29, 1.82) is 0 Å². The number of halogens is 1. The van der Waals surface area contributed by atoms with Gasteiger partial charge in [-0.3, -0.25) is 4.98 Å². The Kier molecular flexibility index (Phi) is 3.94. The van der Waals surface area contributed by atoms with Gasteiger partial charge in [0, 0.05) is 25.0 Å². The fourth-order valence-electron chi connectivity index (χ4n) is 2.32. The summed E-state index contributed by atoms with van der Waals surface area (Å²) in [5.74, 6) is 0.365. The number of nitrogens with zero attached hydrogens (tertiary/aromatic N) is 2. The molecule has 6 heteroatoms. The van der Waals surface area contributed by atoms with Gasteiger partial charge in [-0.1, -0.05) is 18.5 Å². The molecule has 2 unspecified atom stereocenters. The Morgan fingerprint density at radius 2 is 2.17 bits per heavy atom. The molecule has 4 nitrogen and oxygen atoms in total. The zero-order valence-electron chi connectivity index (χ0n) is 10.5. The molecule has 1 aromatic heterocycles. The molecule has 1 aliphatic heterocycles. The molecular weight excluding hydrogens is 272 g/mol. The standard InChI is InChI=1S/C12H17ClN2O2S/c1-9-4-3-7-15(10(9)2)18(16,17)12-8-14-6-5-11(12)13/h5-6,8-10H,3-4,7H2,1-2H3. The second-order valence-electron chi connectivity index (χ2n) is 4.78. The molecule has 0 saturated carbocycles. The third kappa shape index (κ3) is 2.39. The van der Waals surface area contributed by atoms with Crippen molar-refractivity contribution in [3.05, 3.63) is 23.5 Å². The van der Waals surface area contributed by atoms with Gasteiger partial charge in [0.1, 0.15) is 4.90 Å². The van der Waals surface area contributed by atoms with Crippen molar-refractivity contribution >= 4 is 21.6 Å². The fourth-order valence-corrected chi connectivity index (χ4v) is 4.49. The van der Waals surface area contributed by atoms with Crippen LogP contribution < -0.4 is 0 Å². The van der Waals surface area contributed by atoms with Crippen LogP contribution in [-0.2, 0) is 10.0 Å². The molecule has 1 fully saturated rings. The molecule has 100 valence electrons. The predicted octanol–water partition coefficient (Wildman–Crippen LogP) is 2.54. The van der Waals surface area contributed by atoms with Crippen molar-refractivity contribution in [2.24, 2.45) is 5.92 Å². The van der Waals surface area contributed by atoms with E-state index in [1.807, 2.05) is 6.92 Å². The first-order valence-corrected chi connectivity index (χ1v) is 7.87. The van der Waals surface area contributed by atoms with E-state index in [4.69, 9.17) is 11.6 Å². The van der Waals surface area contributed by atoms with Gasteiger partial charge in [0.25, 0.3) is 0 Å². The summed E-state index contributed by atoms with van der Waals surface area (Å²) >= 11 is 5.97. The van der Waals surface area contributed by atoms with Gasteiger partial charge in [-0.15, -0.1) is 0 Å². The van der Waals surface area contributed by atoms with Gasteiger partial charge < -0.3 is 0 Å². The molecular formula is C12H17ClN2O2S. The normalized spacial score (nSPS) is 26.2. The smallest absolute Gasteiger partial charge is 0.246 e. The highest BCUT2D eigenvalue weighted by Crippen LogP contribution is 2.31. The first kappa shape index (κ1) is 13.8. The number of aromatic nitrogens is 1. The number of hydrogen-bond acceptors (Lipinski definition) is 3. The molecule has 1 aromatic rings. The molecule has 0 aliphatic carbocycles. The summed E-state index contributed by atoms with van der Waals surface area (Å²) in [5, 5.41) is 0.232. The zero-order chi connectivity index (χ0) is 13.3. The molecule has 2 heterocycles. The summed E-state index contributed by atoms with van der Waals surface area (Å²) in [6, 6.07) is 1.51. The van der Waals surface area contributed by atoms with E-state index >= 15 is 0 Å². The van der Waals surface area contributed by atoms with Crippen LogP contribution >= 0.6 is 11.6 Å². The summed E-state index contributed by atoms with van der Waals surface area (Å²) in [7, 11) is -3.54. The summed E-state index contributed by atoms with van der Waals surface area (Å²) in [6.45, 7) is 4.59. The molecule has 18 heavy (non-hydrogen) atoms. The Morgan fingerprint density at radius 3 is 2.83 bits per heavy atom. The van der Waals surface area contributed by atoms with E-state index in [0.717, 1.165) is 12.8 Å². The second-order valence-corrected chi connectivity index (χ2v) is 7.05. The minimum atomic E-state index is -3.54. The molecule has 2 atom stereocenters. The molecule has 1 aliphatic rings. The minimum Gasteiger partial charge on any atom is -0.263 e. The van der Waals surface area contributed by atoms with E-state index in [1.54, 1.807) is 4.31 Å². The van der Waals surface area contributed by atoms with E-state index in [-0.39, 0.29) is 16.0 Å². The van der Waals surface area contributed by atoms with Crippen LogP contribution in [0.5, 0.6) is 0 Å². The lowest BCUT2D eigenvalue weighted by Crippen LogP contribution is -2.45. The van der Waals surface area contributed by atoms with Crippen LogP contribution in [0.25, 0.3) is 0 Å². The van der Waals surface area contributed by atoms with Crippen LogP contribution in [0.3, 0.4) is 0 Å². The molecule has 0 aromatic carbocycles. The van der Waals surface area contributed by atoms with E-state index in [2.05, 4.69) is 11.9 Å². The first-order valence-electron chi connectivity index (χ1n) is 6.06. The van der Waals surface area contributed by atoms with E-state index < -0.39 is 10.0 Å². The van der Waals surface area contributed by atoms with Gasteiger partial charge >= 0.3 is 0 Å². The Hall–Kier alpha value is -0.650. The SMILES string of the molecule is CC1CCCN(S(=O)(=O)c2cnccc2Cl)C1C. The van der Waals surface area contributed by atoms with E-state index in [9.17, 15) is 8.42 Å². The second kappa shape index (κ2) is 5.15. The third-order valence-electron chi connectivity index (χ3n) is 3.64. The van der Waals surface area contributed by atoms with Crippen LogP contribution in [0.15, 0.2) is 23.4 Å². The lowest BCUT2D eigenvalue weighted by Gasteiger charge is -2.36. The molecule has 0 N–H and O–H groups in total. The molecule has 0 amide bonds. The van der Waals surface area contributed by atoms with Gasteiger partial charge in [-0.2, -0.15) is 4.31 Å². The molecule has 0 spiro atoms. The van der Waals surface area contributed by atoms with Crippen LogP contribution in [-0.4, -0.2) is 30.3 Å².